The first-order valence-corrected chi connectivity index (χ1v) is 11.8. The third-order valence-electron chi connectivity index (χ3n) is 5.45. The van der Waals surface area contributed by atoms with Gasteiger partial charge in [0, 0.05) is 52.6 Å². The Labute approximate surface area is 217 Å². The number of nitrogens with one attached hydrogen (secondary N) is 1. The highest BCUT2D eigenvalue weighted by molar-refractivity contribution is 5.96. The Morgan fingerprint density at radius 2 is 1.53 bits per heavy atom. The molecule has 2 aromatic heterocycles. The SMILES string of the molecule is CC(C)COC(=O)c1cc2cc([N+](=O)[O-])ccc2n1CC(C)C.O=C(O)c1cc2cc([N+](=O)[O-])ccc2[nH]1. The predicted molar refractivity (Wildman–Crippen MR) is 140 cm³/mol. The van der Waals surface area contributed by atoms with Crippen LogP contribution in [0.25, 0.3) is 21.8 Å². The molecule has 2 heterocycles. The molecule has 12 heteroatoms. The fraction of sp³-hybridized carbons (Fsp3) is 0.308. The summed E-state index contributed by atoms with van der Waals surface area (Å²) in [5.41, 5.74) is 1.79. The van der Waals surface area contributed by atoms with E-state index >= 15 is 0 Å². The molecule has 0 saturated carbocycles. The van der Waals surface area contributed by atoms with Crippen LogP contribution in [-0.4, -0.2) is 43.0 Å². The zero-order chi connectivity index (χ0) is 28.1. The summed E-state index contributed by atoms with van der Waals surface area (Å²) in [5, 5.41) is 31.3. The zero-order valence-electron chi connectivity index (χ0n) is 21.3. The third kappa shape index (κ3) is 6.52. The van der Waals surface area contributed by atoms with Crippen molar-refractivity contribution in [3.63, 3.8) is 0 Å². The molecule has 0 saturated heterocycles. The first kappa shape index (κ1) is 27.8. The molecular weight excluding hydrogens is 496 g/mol. The lowest BCUT2D eigenvalue weighted by atomic mass is 10.2. The highest BCUT2D eigenvalue weighted by Gasteiger charge is 2.20. The third-order valence-corrected chi connectivity index (χ3v) is 5.45. The number of carbonyl (C=O) groups is 2. The highest BCUT2D eigenvalue weighted by atomic mass is 16.6. The second kappa shape index (κ2) is 11.5. The van der Waals surface area contributed by atoms with Gasteiger partial charge in [-0.1, -0.05) is 27.7 Å². The number of fused-ring (bicyclic) bond motifs is 2. The van der Waals surface area contributed by atoms with Crippen molar-refractivity contribution < 1.29 is 29.3 Å². The van der Waals surface area contributed by atoms with Crippen molar-refractivity contribution in [3.8, 4) is 0 Å². The van der Waals surface area contributed by atoms with Gasteiger partial charge in [-0.15, -0.1) is 0 Å². The molecule has 4 aromatic rings. The zero-order valence-corrected chi connectivity index (χ0v) is 21.3. The maximum Gasteiger partial charge on any atom is 0.354 e. The van der Waals surface area contributed by atoms with Gasteiger partial charge in [0.05, 0.1) is 16.5 Å². The summed E-state index contributed by atoms with van der Waals surface area (Å²) in [6.07, 6.45) is 0. The van der Waals surface area contributed by atoms with E-state index in [2.05, 4.69) is 18.8 Å². The van der Waals surface area contributed by atoms with E-state index in [9.17, 15) is 29.8 Å². The van der Waals surface area contributed by atoms with Crippen molar-refractivity contribution in [2.75, 3.05) is 6.61 Å². The molecule has 0 fully saturated rings. The molecule has 0 aliphatic rings. The van der Waals surface area contributed by atoms with Gasteiger partial charge in [-0.3, -0.25) is 20.2 Å². The summed E-state index contributed by atoms with van der Waals surface area (Å²) in [5.74, 6) is -0.896. The van der Waals surface area contributed by atoms with Crippen molar-refractivity contribution in [3.05, 3.63) is 80.1 Å². The van der Waals surface area contributed by atoms with Gasteiger partial charge >= 0.3 is 11.9 Å². The van der Waals surface area contributed by atoms with E-state index in [0.29, 0.717) is 41.1 Å². The van der Waals surface area contributed by atoms with Crippen LogP contribution in [0, 0.1) is 32.1 Å². The number of hydrogen-bond donors (Lipinski definition) is 2. The highest BCUT2D eigenvalue weighted by Crippen LogP contribution is 2.26. The molecule has 38 heavy (non-hydrogen) atoms. The standard InChI is InChI=1S/C17H22N2O4.C9H6N2O4/c1-11(2)9-18-15-6-5-14(19(21)22)7-13(15)8-16(18)17(20)23-10-12(3)4;12-9(13)8-4-5-3-6(11(14)15)1-2-7(5)10-8/h5-8,11-12H,9-10H2,1-4H3;1-4,10H,(H,12,13). The molecule has 0 aliphatic carbocycles. The second-order valence-electron chi connectivity index (χ2n) is 9.54. The van der Waals surface area contributed by atoms with E-state index in [1.165, 1.54) is 36.4 Å². The number of H-pyrrole nitrogens is 1. The van der Waals surface area contributed by atoms with E-state index in [1.54, 1.807) is 12.1 Å². The van der Waals surface area contributed by atoms with E-state index in [-0.39, 0.29) is 23.0 Å². The number of carboxylic acids is 1. The monoisotopic (exact) mass is 524 g/mol. The second-order valence-corrected chi connectivity index (χ2v) is 9.54. The fourth-order valence-electron chi connectivity index (χ4n) is 3.77. The number of nitro benzene ring substituents is 2. The molecule has 0 radical (unpaired) electrons. The van der Waals surface area contributed by atoms with Gasteiger partial charge in [0.25, 0.3) is 11.4 Å². The number of esters is 1. The summed E-state index contributed by atoms with van der Waals surface area (Å²) in [7, 11) is 0. The molecule has 200 valence electrons. The number of rotatable bonds is 8. The van der Waals surface area contributed by atoms with E-state index < -0.39 is 21.8 Å². The number of aromatic amines is 1. The van der Waals surface area contributed by atoms with Crippen LogP contribution in [0.2, 0.25) is 0 Å². The lowest BCUT2D eigenvalue weighted by molar-refractivity contribution is -0.384. The van der Waals surface area contributed by atoms with Crippen molar-refractivity contribution >= 4 is 45.1 Å². The normalized spacial score (nSPS) is 11.0. The Morgan fingerprint density at radius 3 is 2.08 bits per heavy atom. The molecule has 0 amide bonds. The summed E-state index contributed by atoms with van der Waals surface area (Å²) in [4.78, 5) is 46.1. The van der Waals surface area contributed by atoms with E-state index in [1.807, 2.05) is 18.4 Å². The van der Waals surface area contributed by atoms with Crippen LogP contribution >= 0.6 is 0 Å². The molecule has 2 N–H and O–H groups in total. The number of nitro groups is 2. The largest absolute Gasteiger partial charge is 0.477 e. The molecule has 0 atom stereocenters. The minimum Gasteiger partial charge on any atom is -0.477 e. The number of carbonyl (C=O) groups excluding carboxylic acids is 1. The van der Waals surface area contributed by atoms with Crippen LogP contribution in [0.15, 0.2) is 48.5 Å². The van der Waals surface area contributed by atoms with Crippen LogP contribution in [0.5, 0.6) is 0 Å². The number of carboxylic acid groups (broad SMARTS) is 1. The molecule has 0 spiro atoms. The average Bonchev–Trinajstić information content (AvgIpc) is 3.43. The number of benzene rings is 2. The number of nitrogens with zero attached hydrogens (tertiary/aromatic N) is 3. The first-order chi connectivity index (χ1) is 17.9. The minimum absolute atomic E-state index is 0.0151. The van der Waals surface area contributed by atoms with Gasteiger partial charge in [0.15, 0.2) is 0 Å². The van der Waals surface area contributed by atoms with Crippen LogP contribution in [0.1, 0.15) is 48.7 Å². The molecule has 2 aromatic carbocycles. The van der Waals surface area contributed by atoms with Crippen molar-refractivity contribution in [2.45, 2.75) is 34.2 Å². The Balaban J connectivity index is 0.000000230. The Hall–Kier alpha value is -4.74. The number of hydrogen-bond acceptors (Lipinski definition) is 7. The Morgan fingerprint density at radius 1 is 0.921 bits per heavy atom. The summed E-state index contributed by atoms with van der Waals surface area (Å²) >= 11 is 0. The van der Waals surface area contributed by atoms with Crippen molar-refractivity contribution in [2.24, 2.45) is 11.8 Å². The van der Waals surface area contributed by atoms with E-state index in [4.69, 9.17) is 9.84 Å². The molecular formula is C26H28N4O8. The van der Waals surface area contributed by atoms with Gasteiger partial charge in [-0.05, 0) is 36.1 Å². The lowest BCUT2D eigenvalue weighted by Crippen LogP contribution is -2.16. The van der Waals surface area contributed by atoms with Gasteiger partial charge in [0.1, 0.15) is 11.4 Å². The molecule has 0 unspecified atom stereocenters. The van der Waals surface area contributed by atoms with Crippen LogP contribution < -0.4 is 0 Å². The summed E-state index contributed by atoms with van der Waals surface area (Å²) in [6.45, 7) is 9.05. The van der Waals surface area contributed by atoms with Gasteiger partial charge in [-0.2, -0.15) is 0 Å². The number of aromatic nitrogens is 2. The van der Waals surface area contributed by atoms with E-state index in [0.717, 1.165) is 5.52 Å². The van der Waals surface area contributed by atoms with Crippen LogP contribution in [0.4, 0.5) is 11.4 Å². The van der Waals surface area contributed by atoms with Gasteiger partial charge in [-0.25, -0.2) is 9.59 Å². The first-order valence-electron chi connectivity index (χ1n) is 11.8. The maximum absolute atomic E-state index is 12.4. The van der Waals surface area contributed by atoms with Crippen LogP contribution in [-0.2, 0) is 11.3 Å². The van der Waals surface area contributed by atoms with Gasteiger partial charge < -0.3 is 19.4 Å². The predicted octanol–water partition coefficient (Wildman–Crippen LogP) is 5.79. The topological polar surface area (TPSA) is 171 Å². The average molecular weight is 525 g/mol. The Bertz CT molecular complexity index is 1500. The van der Waals surface area contributed by atoms with Gasteiger partial charge in [0.2, 0.25) is 0 Å². The smallest absolute Gasteiger partial charge is 0.354 e. The fourth-order valence-corrected chi connectivity index (χ4v) is 3.77. The number of aromatic carboxylic acids is 1. The molecule has 0 aliphatic heterocycles. The quantitative estimate of drug-likeness (QED) is 0.166. The lowest BCUT2D eigenvalue weighted by Gasteiger charge is -2.13. The minimum atomic E-state index is -1.09. The summed E-state index contributed by atoms with van der Waals surface area (Å²) in [6, 6.07) is 11.8. The molecule has 4 rings (SSSR count). The van der Waals surface area contributed by atoms with Crippen LogP contribution in [0.3, 0.4) is 0 Å². The van der Waals surface area contributed by atoms with Crippen molar-refractivity contribution in [1.82, 2.24) is 9.55 Å². The van der Waals surface area contributed by atoms with Crippen molar-refractivity contribution in [1.29, 1.82) is 0 Å². The summed E-state index contributed by atoms with van der Waals surface area (Å²) < 4.78 is 7.21. The number of non-ortho nitro benzene ring substituents is 2. The molecule has 12 nitrogen and oxygen atoms in total. The maximum atomic E-state index is 12.4. The number of ether oxygens (including phenoxy) is 1. The Kier molecular flexibility index (Phi) is 8.46. The molecule has 0 bridgehead atoms.